The quantitative estimate of drug-likeness (QED) is 0.690. The molecule has 0 saturated heterocycles. The van der Waals surface area contributed by atoms with Crippen molar-refractivity contribution in [3.05, 3.63) is 18.0 Å². The van der Waals surface area contributed by atoms with Crippen LogP contribution in [0.25, 0.3) is 0 Å². The van der Waals surface area contributed by atoms with Gasteiger partial charge in [-0.05, 0) is 19.9 Å². The van der Waals surface area contributed by atoms with Crippen molar-refractivity contribution in [2.45, 2.75) is 32.4 Å². The van der Waals surface area contributed by atoms with Crippen molar-refractivity contribution in [1.29, 1.82) is 0 Å². The fraction of sp³-hybridized carbons (Fsp3) is 0.750. The molecule has 0 radical (unpaired) electrons. The van der Waals surface area contributed by atoms with Crippen LogP contribution in [0.3, 0.4) is 0 Å². The first-order valence-corrected chi connectivity index (χ1v) is 5.99. The van der Waals surface area contributed by atoms with Crippen molar-refractivity contribution < 1.29 is 9.47 Å². The molecule has 5 heteroatoms. The summed E-state index contributed by atoms with van der Waals surface area (Å²) in [6, 6.07) is 2.38. The van der Waals surface area contributed by atoms with E-state index in [1.54, 1.807) is 7.11 Å². The summed E-state index contributed by atoms with van der Waals surface area (Å²) in [7, 11) is 1.65. The highest BCUT2D eigenvalue weighted by Gasteiger charge is 2.08. The Morgan fingerprint density at radius 2 is 2.18 bits per heavy atom. The average Bonchev–Trinajstić information content (AvgIpc) is 2.73. The number of rotatable bonds is 8. The first-order valence-electron chi connectivity index (χ1n) is 5.99. The third-order valence-corrected chi connectivity index (χ3v) is 2.43. The molecule has 0 saturated carbocycles. The average molecular weight is 241 g/mol. The molecular formula is C12H23N3O2. The maximum atomic E-state index is 5.96. The summed E-state index contributed by atoms with van der Waals surface area (Å²) in [5, 5.41) is 4.45. The second kappa shape index (κ2) is 7.42. The molecule has 98 valence electrons. The molecule has 0 aliphatic rings. The van der Waals surface area contributed by atoms with Gasteiger partial charge < -0.3 is 15.2 Å². The highest BCUT2D eigenvalue weighted by molar-refractivity contribution is 5.01. The predicted octanol–water partition coefficient (Wildman–Crippen LogP) is 0.997. The molecule has 0 aliphatic carbocycles. The first kappa shape index (κ1) is 14.2. The lowest BCUT2D eigenvalue weighted by Crippen LogP contribution is -2.29. The molecule has 0 aromatic carbocycles. The van der Waals surface area contributed by atoms with E-state index in [0.717, 1.165) is 12.1 Å². The van der Waals surface area contributed by atoms with E-state index in [-0.39, 0.29) is 6.04 Å². The van der Waals surface area contributed by atoms with Gasteiger partial charge in [0.25, 0.3) is 0 Å². The van der Waals surface area contributed by atoms with E-state index in [0.29, 0.717) is 25.9 Å². The first-order chi connectivity index (χ1) is 8.13. The number of hydrogen-bond donors (Lipinski definition) is 1. The Balaban J connectivity index is 2.27. The fourth-order valence-electron chi connectivity index (χ4n) is 1.48. The summed E-state index contributed by atoms with van der Waals surface area (Å²) in [5.74, 6) is 0. The minimum atomic E-state index is -0.0117. The van der Waals surface area contributed by atoms with E-state index in [1.165, 1.54) is 0 Å². The molecule has 1 unspecified atom stereocenters. The third-order valence-electron chi connectivity index (χ3n) is 2.43. The lowest BCUT2D eigenvalue weighted by Gasteiger charge is -2.10. The molecule has 5 nitrogen and oxygen atoms in total. The fourth-order valence-corrected chi connectivity index (χ4v) is 1.48. The van der Waals surface area contributed by atoms with Gasteiger partial charge in [0.05, 0.1) is 25.5 Å². The molecule has 1 heterocycles. The SMILES string of the molecule is COCCOCC(N)Cc1ccn(C(C)C)n1. The van der Waals surface area contributed by atoms with E-state index in [2.05, 4.69) is 18.9 Å². The molecule has 0 fully saturated rings. The Hall–Kier alpha value is -0.910. The van der Waals surface area contributed by atoms with Crippen LogP contribution < -0.4 is 5.73 Å². The van der Waals surface area contributed by atoms with E-state index in [9.17, 15) is 0 Å². The highest BCUT2D eigenvalue weighted by Crippen LogP contribution is 2.05. The van der Waals surface area contributed by atoms with E-state index >= 15 is 0 Å². The second-order valence-electron chi connectivity index (χ2n) is 4.41. The number of hydrogen-bond acceptors (Lipinski definition) is 4. The molecule has 0 aliphatic heterocycles. The Kier molecular flexibility index (Phi) is 6.18. The van der Waals surface area contributed by atoms with Crippen molar-refractivity contribution in [1.82, 2.24) is 9.78 Å². The van der Waals surface area contributed by atoms with Crippen molar-refractivity contribution in [3.8, 4) is 0 Å². The molecular weight excluding hydrogens is 218 g/mol. The summed E-state index contributed by atoms with van der Waals surface area (Å²) < 4.78 is 12.2. The van der Waals surface area contributed by atoms with Gasteiger partial charge in [-0.3, -0.25) is 4.68 Å². The van der Waals surface area contributed by atoms with Crippen molar-refractivity contribution in [3.63, 3.8) is 0 Å². The van der Waals surface area contributed by atoms with E-state index in [1.807, 2.05) is 16.9 Å². The topological polar surface area (TPSA) is 62.3 Å². The Morgan fingerprint density at radius 3 is 2.76 bits per heavy atom. The Labute approximate surface area is 103 Å². The monoisotopic (exact) mass is 241 g/mol. The van der Waals surface area contributed by atoms with Crippen molar-refractivity contribution in [2.24, 2.45) is 5.73 Å². The smallest absolute Gasteiger partial charge is 0.0701 e. The van der Waals surface area contributed by atoms with E-state index in [4.69, 9.17) is 15.2 Å². The van der Waals surface area contributed by atoms with Crippen LogP contribution in [-0.2, 0) is 15.9 Å². The maximum absolute atomic E-state index is 5.96. The van der Waals surface area contributed by atoms with Crippen LogP contribution in [0.5, 0.6) is 0 Å². The van der Waals surface area contributed by atoms with Crippen molar-refractivity contribution >= 4 is 0 Å². The summed E-state index contributed by atoms with van der Waals surface area (Å²) in [4.78, 5) is 0. The van der Waals surface area contributed by atoms with Gasteiger partial charge in [-0.1, -0.05) is 0 Å². The molecule has 1 aromatic heterocycles. The molecule has 0 spiro atoms. The van der Waals surface area contributed by atoms with Gasteiger partial charge >= 0.3 is 0 Å². The van der Waals surface area contributed by atoms with Crippen LogP contribution in [0.15, 0.2) is 12.3 Å². The summed E-state index contributed by atoms with van der Waals surface area (Å²) in [5.41, 5.74) is 6.97. The van der Waals surface area contributed by atoms with Gasteiger partial charge in [-0.15, -0.1) is 0 Å². The number of nitrogens with zero attached hydrogens (tertiary/aromatic N) is 2. The third kappa shape index (κ3) is 5.30. The summed E-state index contributed by atoms with van der Waals surface area (Å²) in [6.07, 6.45) is 2.73. The summed E-state index contributed by atoms with van der Waals surface area (Å²) in [6.45, 7) is 5.94. The molecule has 0 amide bonds. The van der Waals surface area contributed by atoms with Crippen LogP contribution in [0.2, 0.25) is 0 Å². The van der Waals surface area contributed by atoms with Crippen molar-refractivity contribution in [2.75, 3.05) is 26.9 Å². The highest BCUT2D eigenvalue weighted by atomic mass is 16.5. The second-order valence-corrected chi connectivity index (χ2v) is 4.41. The zero-order chi connectivity index (χ0) is 12.7. The van der Waals surface area contributed by atoms with E-state index < -0.39 is 0 Å². The number of aromatic nitrogens is 2. The van der Waals surface area contributed by atoms with Gasteiger partial charge in [0.1, 0.15) is 0 Å². The zero-order valence-electron chi connectivity index (χ0n) is 10.9. The minimum absolute atomic E-state index is 0.0117. The normalized spacial score (nSPS) is 13.2. The Morgan fingerprint density at radius 1 is 1.41 bits per heavy atom. The van der Waals surface area contributed by atoms with Crippen LogP contribution in [0.4, 0.5) is 0 Å². The lowest BCUT2D eigenvalue weighted by atomic mass is 10.2. The van der Waals surface area contributed by atoms with Crippen LogP contribution in [0, 0.1) is 0 Å². The largest absolute Gasteiger partial charge is 0.382 e. The van der Waals surface area contributed by atoms with Crippen LogP contribution in [-0.4, -0.2) is 42.8 Å². The number of ether oxygens (including phenoxy) is 2. The Bertz CT molecular complexity index is 312. The minimum Gasteiger partial charge on any atom is -0.382 e. The van der Waals surface area contributed by atoms with Crippen LogP contribution in [0.1, 0.15) is 25.6 Å². The number of methoxy groups -OCH3 is 1. The van der Waals surface area contributed by atoms with Gasteiger partial charge in [0.2, 0.25) is 0 Å². The molecule has 2 N–H and O–H groups in total. The maximum Gasteiger partial charge on any atom is 0.0701 e. The zero-order valence-corrected chi connectivity index (χ0v) is 10.9. The lowest BCUT2D eigenvalue weighted by molar-refractivity contribution is 0.0636. The number of nitrogens with two attached hydrogens (primary N) is 1. The molecule has 17 heavy (non-hydrogen) atoms. The summed E-state index contributed by atoms with van der Waals surface area (Å²) >= 11 is 0. The standard InChI is InChI=1S/C12H23N3O2/c1-10(2)15-5-4-12(14-15)8-11(13)9-17-7-6-16-3/h4-5,10-11H,6-9,13H2,1-3H3. The molecule has 1 rings (SSSR count). The molecule has 1 atom stereocenters. The predicted molar refractivity (Wildman–Crippen MR) is 67.0 cm³/mol. The molecule has 0 bridgehead atoms. The van der Waals surface area contributed by atoms with Gasteiger partial charge in [-0.2, -0.15) is 5.10 Å². The van der Waals surface area contributed by atoms with Gasteiger partial charge in [-0.25, -0.2) is 0 Å². The van der Waals surface area contributed by atoms with Gasteiger partial charge in [0, 0.05) is 31.8 Å². The van der Waals surface area contributed by atoms with Gasteiger partial charge in [0.15, 0.2) is 0 Å². The molecule has 1 aromatic rings. The van der Waals surface area contributed by atoms with Crippen LogP contribution >= 0.6 is 0 Å².